The van der Waals surface area contributed by atoms with Crippen molar-refractivity contribution in [2.24, 2.45) is 28.6 Å². The Bertz CT molecular complexity index is 1260. The van der Waals surface area contributed by atoms with Gasteiger partial charge in [0.05, 0.1) is 6.10 Å². The summed E-state index contributed by atoms with van der Waals surface area (Å²) in [7, 11) is -4.01. The van der Waals surface area contributed by atoms with Crippen LogP contribution in [0.5, 0.6) is 0 Å². The monoisotopic (exact) mass is 664 g/mol. The second-order valence-corrected chi connectivity index (χ2v) is 16.2. The largest absolute Gasteiger partial charge is 0.449 e. The predicted octanol–water partition coefficient (Wildman–Crippen LogP) is 5.93. The zero-order valence-corrected chi connectivity index (χ0v) is 27.2. The zero-order valence-electron chi connectivity index (χ0n) is 25.5. The normalized spacial score (nSPS) is 39.7. The van der Waals surface area contributed by atoms with Crippen LogP contribution in [0.15, 0.2) is 23.8 Å². The van der Waals surface area contributed by atoms with Crippen LogP contribution in [0.2, 0.25) is 0 Å². The molecule has 4 aliphatic rings. The number of ketones is 1. The van der Waals surface area contributed by atoms with Crippen molar-refractivity contribution >= 4 is 36.2 Å². The predicted molar refractivity (Wildman–Crippen MR) is 160 cm³/mol. The minimum absolute atomic E-state index is 0.0130. The first kappa shape index (κ1) is 35.4. The van der Waals surface area contributed by atoms with E-state index < -0.39 is 82.6 Å². The van der Waals surface area contributed by atoms with Crippen LogP contribution in [0.3, 0.4) is 0 Å². The Morgan fingerprint density at radius 2 is 1.73 bits per heavy atom. The number of alkyl halides is 3. The molecule has 0 amide bonds. The fourth-order valence-corrected chi connectivity index (χ4v) is 10.3. The first-order chi connectivity index (χ1) is 20.5. The molecule has 0 bridgehead atoms. The Hall–Kier alpha value is -1.46. The number of fused-ring (bicyclic) bond motifs is 5. The van der Waals surface area contributed by atoms with E-state index in [-0.39, 0.29) is 37.4 Å². The molecular formula is C31H44F3O8PS. The van der Waals surface area contributed by atoms with E-state index in [0.717, 1.165) is 18.9 Å². The Labute approximate surface area is 260 Å². The highest BCUT2D eigenvalue weighted by Gasteiger charge is 2.78. The second kappa shape index (κ2) is 13.0. The molecule has 9 atom stereocenters. The molecule has 0 saturated heterocycles. The maximum Gasteiger partial charge on any atom is 0.325 e. The Morgan fingerprint density at radius 3 is 2.36 bits per heavy atom. The highest BCUT2D eigenvalue weighted by atomic mass is 32.2. The van der Waals surface area contributed by atoms with Gasteiger partial charge >= 0.3 is 13.6 Å². The molecule has 0 aromatic rings. The van der Waals surface area contributed by atoms with Crippen LogP contribution in [0.25, 0.3) is 0 Å². The molecule has 8 nitrogen and oxygen atoms in total. The van der Waals surface area contributed by atoms with Crippen molar-refractivity contribution in [1.82, 2.24) is 0 Å². The Kier molecular flexibility index (Phi) is 10.4. The second-order valence-electron chi connectivity index (χ2n) is 13.5. The molecule has 3 fully saturated rings. The van der Waals surface area contributed by atoms with E-state index in [2.05, 4.69) is 0 Å². The van der Waals surface area contributed by atoms with Gasteiger partial charge in [0.15, 0.2) is 17.1 Å². The lowest BCUT2D eigenvalue weighted by molar-refractivity contribution is -0.228. The van der Waals surface area contributed by atoms with Crippen LogP contribution in [-0.2, 0) is 23.7 Å². The third-order valence-corrected chi connectivity index (χ3v) is 12.6. The molecule has 248 valence electrons. The summed E-state index contributed by atoms with van der Waals surface area (Å²) < 4.78 is 63.9. The molecule has 3 N–H and O–H groups in total. The van der Waals surface area contributed by atoms with Crippen LogP contribution in [0.1, 0.15) is 85.0 Å². The molecule has 0 radical (unpaired) electrons. The van der Waals surface area contributed by atoms with Gasteiger partial charge in [-0.2, -0.15) is 0 Å². The van der Waals surface area contributed by atoms with Gasteiger partial charge in [0.2, 0.25) is 5.12 Å². The molecule has 4 rings (SSSR count). The van der Waals surface area contributed by atoms with Gasteiger partial charge < -0.3 is 19.6 Å². The van der Waals surface area contributed by atoms with Crippen molar-refractivity contribution in [3.05, 3.63) is 23.8 Å². The van der Waals surface area contributed by atoms with Gasteiger partial charge in [-0.25, -0.2) is 13.2 Å². The van der Waals surface area contributed by atoms with E-state index in [1.165, 1.54) is 19.1 Å². The van der Waals surface area contributed by atoms with Gasteiger partial charge in [-0.3, -0.25) is 18.9 Å². The molecule has 13 heteroatoms. The molecule has 0 heterocycles. The minimum Gasteiger partial charge on any atom is -0.449 e. The molecule has 44 heavy (non-hydrogen) atoms. The number of thioether (sulfide) groups is 1. The molecule has 0 unspecified atom stereocenters. The van der Waals surface area contributed by atoms with Gasteiger partial charge in [-0.1, -0.05) is 45.6 Å². The van der Waals surface area contributed by atoms with Crippen LogP contribution in [0.4, 0.5) is 13.2 Å². The summed E-state index contributed by atoms with van der Waals surface area (Å²) in [5, 5.41) is 10.9. The lowest BCUT2D eigenvalue weighted by Gasteiger charge is -2.63. The number of allylic oxidation sites excluding steroid dienone is 4. The molecule has 0 aromatic carbocycles. The van der Waals surface area contributed by atoms with Gasteiger partial charge in [0.25, 0.3) is 0 Å². The average Bonchev–Trinajstić information content (AvgIpc) is 3.14. The summed E-state index contributed by atoms with van der Waals surface area (Å²) in [6, 6.07) is -1.07. The standard InChI is InChI=1S/C31H44F3O8PS/c1-19-14-21-22-16-24(33)23-15-20(35)11-12-28(23,2)30(22,34)25(36)17-29(21,3)31(19,27(38)44-18-32)42-26(37)10-8-6-4-5-7-9-13-43(39,40)41/h11-12,15,19,21-22,24-25,36H,4-10,13-14,16-18H2,1-3H3,(H2,39,40,41)/t19-,21+,22+,24+,25+,28+,29+,30+,31+/m1/s1. The maximum atomic E-state index is 17.5. The number of aliphatic hydroxyl groups is 1. The molecule has 3 saturated carbocycles. The van der Waals surface area contributed by atoms with Crippen molar-refractivity contribution < 1.29 is 51.8 Å². The van der Waals surface area contributed by atoms with Crippen molar-refractivity contribution in [1.29, 1.82) is 0 Å². The summed E-state index contributed by atoms with van der Waals surface area (Å²) >= 11 is 0.371. The van der Waals surface area contributed by atoms with Gasteiger partial charge in [-0.05, 0) is 74.4 Å². The third kappa shape index (κ3) is 5.91. The number of carbonyl (C=O) groups excluding carboxylic acids is 3. The summed E-state index contributed by atoms with van der Waals surface area (Å²) in [6.45, 7) is 4.84. The van der Waals surface area contributed by atoms with E-state index in [0.29, 0.717) is 37.4 Å². The zero-order chi connectivity index (χ0) is 32.7. The first-order valence-corrected chi connectivity index (χ1v) is 18.2. The molecule has 0 spiro atoms. The van der Waals surface area contributed by atoms with Gasteiger partial charge in [0, 0.05) is 35.2 Å². The highest BCUT2D eigenvalue weighted by molar-refractivity contribution is 8.13. The molecule has 0 aliphatic heterocycles. The summed E-state index contributed by atoms with van der Waals surface area (Å²) in [4.78, 5) is 57.0. The van der Waals surface area contributed by atoms with Crippen molar-refractivity contribution in [3.8, 4) is 0 Å². The SMILES string of the molecule is C[C@@H]1C[C@H]2[C@@H]3C[C@H](F)C4=CC(=O)C=C[C@]4(C)[C@@]3(F)[C@@H](O)C[C@]2(C)[C@@]1(OC(=O)CCCCCCCCP(=O)(O)O)C(=O)SCF. The quantitative estimate of drug-likeness (QED) is 0.132. The number of rotatable bonds is 12. The van der Waals surface area contributed by atoms with Crippen LogP contribution < -0.4 is 0 Å². The molecular weight excluding hydrogens is 620 g/mol. The van der Waals surface area contributed by atoms with Crippen molar-refractivity contribution in [3.63, 3.8) is 0 Å². The summed E-state index contributed by atoms with van der Waals surface area (Å²) in [5.41, 5.74) is -7.14. The maximum absolute atomic E-state index is 17.5. The number of esters is 1. The number of halogens is 3. The first-order valence-electron chi connectivity index (χ1n) is 15.4. The fourth-order valence-electron chi connectivity index (χ4n) is 8.90. The van der Waals surface area contributed by atoms with Crippen molar-refractivity contribution in [2.45, 2.75) is 109 Å². The van der Waals surface area contributed by atoms with Crippen LogP contribution >= 0.6 is 19.4 Å². The lowest BCUT2D eigenvalue weighted by Crippen LogP contribution is -2.70. The van der Waals surface area contributed by atoms with Crippen molar-refractivity contribution in [2.75, 3.05) is 12.2 Å². The van der Waals surface area contributed by atoms with E-state index in [1.54, 1.807) is 13.8 Å². The fraction of sp³-hybridized carbons (Fsp3) is 0.774. The van der Waals surface area contributed by atoms with E-state index in [4.69, 9.17) is 14.5 Å². The summed E-state index contributed by atoms with van der Waals surface area (Å²) in [6.07, 6.45) is 3.31. The topological polar surface area (TPSA) is 138 Å². The van der Waals surface area contributed by atoms with Crippen LogP contribution in [0, 0.1) is 28.6 Å². The number of carbonyl (C=O) groups is 3. The minimum atomic E-state index is -4.01. The summed E-state index contributed by atoms with van der Waals surface area (Å²) in [5.74, 6) is -3.53. The smallest absolute Gasteiger partial charge is 0.325 e. The Morgan fingerprint density at radius 1 is 1.09 bits per heavy atom. The Balaban J connectivity index is 1.54. The molecule has 4 aliphatic carbocycles. The molecule has 0 aromatic heterocycles. The van der Waals surface area contributed by atoms with E-state index in [1.807, 2.05) is 0 Å². The number of hydrogen-bond acceptors (Lipinski definition) is 7. The number of unbranched alkanes of at least 4 members (excludes halogenated alkanes) is 5. The van der Waals surface area contributed by atoms with E-state index in [9.17, 15) is 28.4 Å². The third-order valence-electron chi connectivity index (χ3n) is 11.0. The number of ether oxygens (including phenoxy) is 1. The van der Waals surface area contributed by atoms with Gasteiger partial charge in [-0.15, -0.1) is 0 Å². The van der Waals surface area contributed by atoms with Gasteiger partial charge in [0.1, 0.15) is 12.2 Å². The average molecular weight is 665 g/mol. The highest BCUT2D eigenvalue weighted by Crippen LogP contribution is 2.72. The number of hydrogen-bond donors (Lipinski definition) is 3. The van der Waals surface area contributed by atoms with Crippen LogP contribution in [-0.4, -0.2) is 67.5 Å². The van der Waals surface area contributed by atoms with E-state index >= 15 is 8.78 Å². The lowest BCUT2D eigenvalue weighted by atomic mass is 9.44. The number of aliphatic hydroxyl groups excluding tert-OH is 1.